The van der Waals surface area contributed by atoms with Crippen LogP contribution < -0.4 is 0 Å². The van der Waals surface area contributed by atoms with Gasteiger partial charge < -0.3 is 0 Å². The maximum atomic E-state index is 5.65. The number of rotatable bonds is 3. The second-order valence-electron chi connectivity index (χ2n) is 15.7. The molecule has 0 unspecified atom stereocenters. The fourth-order valence-electron chi connectivity index (χ4n) is 9.69. The van der Waals surface area contributed by atoms with Crippen molar-refractivity contribution in [2.75, 3.05) is 0 Å². The van der Waals surface area contributed by atoms with Gasteiger partial charge in [0, 0.05) is 32.7 Å². The molecule has 0 saturated carbocycles. The molecule has 2 aromatic heterocycles. The van der Waals surface area contributed by atoms with Gasteiger partial charge in [0.25, 0.3) is 0 Å². The van der Waals surface area contributed by atoms with Crippen LogP contribution in [0.4, 0.5) is 0 Å². The number of hydrogen-bond acceptors (Lipinski definition) is 2. The lowest BCUT2D eigenvalue weighted by Gasteiger charge is -2.21. The molecule has 56 heavy (non-hydrogen) atoms. The van der Waals surface area contributed by atoms with Crippen molar-refractivity contribution in [2.45, 2.75) is 19.3 Å². The number of hydrogen-bond donors (Lipinski definition) is 0. The maximum Gasteiger partial charge on any atom is 0.235 e. The van der Waals surface area contributed by atoms with Crippen LogP contribution in [0, 0.1) is 0 Å². The van der Waals surface area contributed by atoms with Crippen molar-refractivity contribution >= 4 is 64.9 Å². The summed E-state index contributed by atoms with van der Waals surface area (Å²) in [5.41, 5.74) is 10.9. The van der Waals surface area contributed by atoms with E-state index < -0.39 is 0 Å². The van der Waals surface area contributed by atoms with Crippen LogP contribution >= 0.6 is 0 Å². The molecular formula is C53H35N3. The first-order valence-corrected chi connectivity index (χ1v) is 19.4. The van der Waals surface area contributed by atoms with E-state index in [-0.39, 0.29) is 5.41 Å². The van der Waals surface area contributed by atoms with E-state index in [1.165, 1.54) is 76.1 Å². The molecule has 0 aliphatic heterocycles. The van der Waals surface area contributed by atoms with Crippen molar-refractivity contribution in [3.8, 4) is 39.5 Å². The van der Waals surface area contributed by atoms with Gasteiger partial charge in [0.05, 0.1) is 22.4 Å². The van der Waals surface area contributed by atoms with Crippen LogP contribution in [0.5, 0.6) is 0 Å². The molecule has 0 radical (unpaired) electrons. The van der Waals surface area contributed by atoms with Gasteiger partial charge in [-0.25, -0.2) is 9.97 Å². The summed E-state index contributed by atoms with van der Waals surface area (Å²) in [6, 6.07) is 64.0. The average Bonchev–Trinajstić information content (AvgIpc) is 3.70. The highest BCUT2D eigenvalue weighted by Crippen LogP contribution is 2.52. The van der Waals surface area contributed by atoms with Crippen LogP contribution in [-0.2, 0) is 5.41 Å². The Balaban J connectivity index is 1.22. The largest absolute Gasteiger partial charge is 0.278 e. The second kappa shape index (κ2) is 11.5. The van der Waals surface area contributed by atoms with E-state index in [0.29, 0.717) is 5.95 Å². The monoisotopic (exact) mass is 713 g/mol. The molecule has 0 bridgehead atoms. The van der Waals surface area contributed by atoms with Gasteiger partial charge in [-0.2, -0.15) is 0 Å². The van der Waals surface area contributed by atoms with Gasteiger partial charge in [0.1, 0.15) is 0 Å². The topological polar surface area (TPSA) is 30.7 Å². The Kier molecular flexibility index (Phi) is 6.40. The first-order chi connectivity index (χ1) is 27.5. The molecule has 9 aromatic carbocycles. The lowest BCUT2D eigenvalue weighted by molar-refractivity contribution is 0.632. The molecule has 0 saturated heterocycles. The molecule has 0 spiro atoms. The molecule has 12 rings (SSSR count). The van der Waals surface area contributed by atoms with Crippen molar-refractivity contribution in [2.24, 2.45) is 0 Å². The molecule has 0 amide bonds. The standard InChI is InChI=1S/C53H35N3/c1-53(2)44-23-13-12-22-42(44)49-50(34-26-24-33(25-27-34)32-14-4-3-5-15-32)54-52(55-51(49)53)56-45-29-28-41-39-20-9-8-18-37(39)38-19-10-11-21-40(38)47(41)48(45)43-30-35-16-6-7-17-36(35)31-46(43)56/h3-31H,1-2H3. The molecule has 0 atom stereocenters. The van der Waals surface area contributed by atoms with Gasteiger partial charge in [-0.1, -0.05) is 172 Å². The summed E-state index contributed by atoms with van der Waals surface area (Å²) in [5.74, 6) is 0.687. The van der Waals surface area contributed by atoms with E-state index >= 15 is 0 Å². The SMILES string of the molecule is CC1(C)c2ccccc2-c2c(-c3ccc(-c4ccccc4)cc3)nc(-n3c4cc5ccccc5cc4c4c5c6ccccc6c6ccccc6c5ccc43)nc21. The smallest absolute Gasteiger partial charge is 0.235 e. The molecule has 0 fully saturated rings. The minimum atomic E-state index is -0.324. The first kappa shape index (κ1) is 31.3. The Morgan fingerprint density at radius 1 is 0.429 bits per heavy atom. The van der Waals surface area contributed by atoms with Crippen molar-refractivity contribution in [1.82, 2.24) is 14.5 Å². The van der Waals surface area contributed by atoms with Crippen molar-refractivity contribution < 1.29 is 0 Å². The molecular weight excluding hydrogens is 679 g/mol. The average molecular weight is 714 g/mol. The number of nitrogens with zero attached hydrogens (tertiary/aromatic N) is 3. The quantitative estimate of drug-likeness (QED) is 0.171. The van der Waals surface area contributed by atoms with Gasteiger partial charge in [0.15, 0.2) is 0 Å². The summed E-state index contributed by atoms with van der Waals surface area (Å²) in [6.07, 6.45) is 0. The predicted molar refractivity (Wildman–Crippen MR) is 235 cm³/mol. The Labute approximate surface area is 324 Å². The fourth-order valence-corrected chi connectivity index (χ4v) is 9.69. The zero-order chi connectivity index (χ0) is 37.1. The van der Waals surface area contributed by atoms with Crippen molar-refractivity contribution in [1.29, 1.82) is 0 Å². The fraction of sp³-hybridized carbons (Fsp3) is 0.0566. The summed E-state index contributed by atoms with van der Waals surface area (Å²) in [5, 5.41) is 12.4. The third-order valence-electron chi connectivity index (χ3n) is 12.3. The minimum Gasteiger partial charge on any atom is -0.278 e. The van der Waals surface area contributed by atoms with Crippen LogP contribution in [0.1, 0.15) is 25.1 Å². The molecule has 1 aliphatic rings. The number of fused-ring (bicyclic) bond motifs is 14. The van der Waals surface area contributed by atoms with Gasteiger partial charge >= 0.3 is 0 Å². The molecule has 2 heterocycles. The van der Waals surface area contributed by atoms with E-state index in [0.717, 1.165) is 33.5 Å². The third kappa shape index (κ3) is 4.28. The minimum absolute atomic E-state index is 0.324. The molecule has 3 nitrogen and oxygen atoms in total. The van der Waals surface area contributed by atoms with E-state index in [2.05, 4.69) is 194 Å². The first-order valence-electron chi connectivity index (χ1n) is 19.4. The van der Waals surface area contributed by atoms with Gasteiger partial charge in [-0.15, -0.1) is 0 Å². The van der Waals surface area contributed by atoms with Gasteiger partial charge in [0.2, 0.25) is 5.95 Å². The van der Waals surface area contributed by atoms with Gasteiger partial charge in [-0.3, -0.25) is 4.57 Å². The summed E-state index contributed by atoms with van der Waals surface area (Å²) < 4.78 is 2.34. The number of aromatic nitrogens is 3. The second-order valence-corrected chi connectivity index (χ2v) is 15.7. The van der Waals surface area contributed by atoms with Crippen LogP contribution in [0.2, 0.25) is 0 Å². The molecule has 0 N–H and O–H groups in total. The number of benzene rings is 9. The third-order valence-corrected chi connectivity index (χ3v) is 12.3. The van der Waals surface area contributed by atoms with E-state index in [1.54, 1.807) is 0 Å². The van der Waals surface area contributed by atoms with E-state index in [1.807, 2.05) is 0 Å². The Bertz CT molecular complexity index is 3390. The highest BCUT2D eigenvalue weighted by atomic mass is 15.2. The molecule has 1 aliphatic carbocycles. The zero-order valence-electron chi connectivity index (χ0n) is 31.1. The summed E-state index contributed by atoms with van der Waals surface area (Å²) >= 11 is 0. The molecule has 3 heteroatoms. The van der Waals surface area contributed by atoms with Crippen LogP contribution in [0.3, 0.4) is 0 Å². The Morgan fingerprint density at radius 3 is 1.75 bits per heavy atom. The lowest BCUT2D eigenvalue weighted by atomic mass is 9.85. The normalized spacial score (nSPS) is 13.3. The van der Waals surface area contributed by atoms with Crippen molar-refractivity contribution in [3.05, 3.63) is 187 Å². The maximum absolute atomic E-state index is 5.65. The van der Waals surface area contributed by atoms with Crippen LogP contribution in [0.15, 0.2) is 176 Å². The predicted octanol–water partition coefficient (Wildman–Crippen LogP) is 13.8. The molecule has 262 valence electrons. The van der Waals surface area contributed by atoms with Crippen LogP contribution in [0.25, 0.3) is 104 Å². The Morgan fingerprint density at radius 2 is 1.00 bits per heavy atom. The summed E-state index contributed by atoms with van der Waals surface area (Å²) in [4.78, 5) is 11.3. The van der Waals surface area contributed by atoms with Crippen molar-refractivity contribution in [3.63, 3.8) is 0 Å². The lowest BCUT2D eigenvalue weighted by Crippen LogP contribution is -2.18. The highest BCUT2D eigenvalue weighted by Gasteiger charge is 2.40. The zero-order valence-corrected chi connectivity index (χ0v) is 31.1. The highest BCUT2D eigenvalue weighted by molar-refractivity contribution is 6.35. The molecule has 11 aromatic rings. The summed E-state index contributed by atoms with van der Waals surface area (Å²) in [6.45, 7) is 4.61. The summed E-state index contributed by atoms with van der Waals surface area (Å²) in [7, 11) is 0. The van der Waals surface area contributed by atoms with Gasteiger partial charge in [-0.05, 0) is 78.2 Å². The van der Waals surface area contributed by atoms with E-state index in [4.69, 9.17) is 9.97 Å². The Hall–Kier alpha value is -7.10. The van der Waals surface area contributed by atoms with Crippen LogP contribution in [-0.4, -0.2) is 14.5 Å². The van der Waals surface area contributed by atoms with E-state index in [9.17, 15) is 0 Å².